The van der Waals surface area contributed by atoms with Gasteiger partial charge in [0, 0.05) is 6.20 Å². The van der Waals surface area contributed by atoms with Crippen LogP contribution in [0.4, 0.5) is 5.69 Å². The van der Waals surface area contributed by atoms with Crippen LogP contribution in [0.1, 0.15) is 23.0 Å². The van der Waals surface area contributed by atoms with Crippen LogP contribution in [-0.2, 0) is 4.74 Å². The molecule has 20 heavy (non-hydrogen) atoms. The Bertz CT molecular complexity index is 701. The van der Waals surface area contributed by atoms with Crippen LogP contribution in [0, 0.1) is 11.3 Å². The number of rotatable bonds is 3. The maximum atomic E-state index is 12.0. The van der Waals surface area contributed by atoms with E-state index in [2.05, 4.69) is 0 Å². The van der Waals surface area contributed by atoms with Crippen molar-refractivity contribution in [1.82, 2.24) is 4.57 Å². The highest BCUT2D eigenvalue weighted by molar-refractivity contribution is 6.32. The summed E-state index contributed by atoms with van der Waals surface area (Å²) in [7, 11) is 0. The van der Waals surface area contributed by atoms with Crippen molar-refractivity contribution in [3.05, 3.63) is 46.7 Å². The van der Waals surface area contributed by atoms with Crippen LogP contribution >= 0.6 is 11.6 Å². The van der Waals surface area contributed by atoms with Crippen LogP contribution in [0.3, 0.4) is 0 Å². The van der Waals surface area contributed by atoms with Crippen LogP contribution in [0.5, 0.6) is 0 Å². The lowest BCUT2D eigenvalue weighted by Crippen LogP contribution is -2.13. The Morgan fingerprint density at radius 2 is 2.20 bits per heavy atom. The van der Waals surface area contributed by atoms with Gasteiger partial charge in [-0.05, 0) is 19.1 Å². The van der Waals surface area contributed by atoms with Crippen molar-refractivity contribution >= 4 is 23.3 Å². The third-order valence-corrected chi connectivity index (χ3v) is 3.07. The maximum absolute atomic E-state index is 12.0. The molecule has 0 spiro atoms. The minimum Gasteiger partial charge on any atom is -0.461 e. The SMILES string of the molecule is CCOC(=O)c1c(N)c(C#N)cn1-c1ccccc1Cl. The van der Waals surface area contributed by atoms with Gasteiger partial charge >= 0.3 is 5.97 Å². The minimum absolute atomic E-state index is 0.0888. The van der Waals surface area contributed by atoms with Crippen LogP contribution in [0.15, 0.2) is 30.5 Å². The highest BCUT2D eigenvalue weighted by atomic mass is 35.5. The molecule has 0 aliphatic rings. The number of anilines is 1. The fourth-order valence-electron chi connectivity index (χ4n) is 1.85. The van der Waals surface area contributed by atoms with Crippen molar-refractivity contribution < 1.29 is 9.53 Å². The molecule has 0 saturated heterocycles. The molecule has 2 rings (SSSR count). The van der Waals surface area contributed by atoms with E-state index < -0.39 is 5.97 Å². The molecule has 0 fully saturated rings. The smallest absolute Gasteiger partial charge is 0.357 e. The van der Waals surface area contributed by atoms with Gasteiger partial charge in [0.25, 0.3) is 0 Å². The Morgan fingerprint density at radius 3 is 2.80 bits per heavy atom. The molecule has 0 atom stereocenters. The lowest BCUT2D eigenvalue weighted by molar-refractivity contribution is 0.0518. The first-order chi connectivity index (χ1) is 9.60. The summed E-state index contributed by atoms with van der Waals surface area (Å²) >= 11 is 6.12. The van der Waals surface area contributed by atoms with E-state index in [1.165, 1.54) is 10.8 Å². The predicted octanol–water partition coefficient (Wildman–Crippen LogP) is 2.76. The van der Waals surface area contributed by atoms with Gasteiger partial charge in [-0.3, -0.25) is 0 Å². The summed E-state index contributed by atoms with van der Waals surface area (Å²) in [5.74, 6) is -0.591. The number of esters is 1. The molecule has 6 heteroatoms. The monoisotopic (exact) mass is 289 g/mol. The number of hydrogen-bond acceptors (Lipinski definition) is 4. The molecule has 0 saturated carbocycles. The van der Waals surface area contributed by atoms with Gasteiger partial charge in [-0.15, -0.1) is 0 Å². The molecule has 2 N–H and O–H groups in total. The van der Waals surface area contributed by atoms with Gasteiger partial charge in [0.2, 0.25) is 0 Å². The Labute approximate surface area is 121 Å². The largest absolute Gasteiger partial charge is 0.461 e. The van der Waals surface area contributed by atoms with Crippen molar-refractivity contribution in [1.29, 1.82) is 5.26 Å². The van der Waals surface area contributed by atoms with Gasteiger partial charge in [0.15, 0.2) is 5.69 Å². The first kappa shape index (κ1) is 14.0. The van der Waals surface area contributed by atoms with Gasteiger partial charge < -0.3 is 15.0 Å². The number of nitrogens with two attached hydrogens (primary N) is 1. The highest BCUT2D eigenvalue weighted by Gasteiger charge is 2.22. The number of carbonyl (C=O) groups is 1. The molecule has 2 aromatic rings. The normalized spacial score (nSPS) is 10.1. The fraction of sp³-hybridized carbons (Fsp3) is 0.143. The summed E-state index contributed by atoms with van der Waals surface area (Å²) in [4.78, 5) is 12.0. The summed E-state index contributed by atoms with van der Waals surface area (Å²) in [5.41, 5.74) is 6.81. The zero-order valence-electron chi connectivity index (χ0n) is 10.8. The van der Waals surface area contributed by atoms with Gasteiger partial charge in [-0.2, -0.15) is 5.26 Å². The molecule has 5 nitrogen and oxygen atoms in total. The number of para-hydroxylation sites is 1. The molecular formula is C14H12ClN3O2. The van der Waals surface area contributed by atoms with E-state index in [0.29, 0.717) is 10.7 Å². The maximum Gasteiger partial charge on any atom is 0.357 e. The fourth-order valence-corrected chi connectivity index (χ4v) is 2.08. The molecule has 0 radical (unpaired) electrons. The molecule has 102 valence electrons. The minimum atomic E-state index is -0.591. The first-order valence-electron chi connectivity index (χ1n) is 5.93. The van der Waals surface area contributed by atoms with Crippen molar-refractivity contribution in [3.63, 3.8) is 0 Å². The molecule has 0 unspecified atom stereocenters. The quantitative estimate of drug-likeness (QED) is 0.881. The van der Waals surface area contributed by atoms with Gasteiger partial charge in [-0.25, -0.2) is 4.79 Å². The summed E-state index contributed by atoms with van der Waals surface area (Å²) < 4.78 is 6.46. The summed E-state index contributed by atoms with van der Waals surface area (Å²) in [6, 6.07) is 8.91. The summed E-state index contributed by atoms with van der Waals surface area (Å²) in [6.07, 6.45) is 1.48. The van der Waals surface area contributed by atoms with Crippen LogP contribution < -0.4 is 5.73 Å². The lowest BCUT2D eigenvalue weighted by atomic mass is 10.2. The number of nitriles is 1. The average Bonchev–Trinajstić information content (AvgIpc) is 2.76. The number of aromatic nitrogens is 1. The van der Waals surface area contributed by atoms with E-state index in [4.69, 9.17) is 27.3 Å². The first-order valence-corrected chi connectivity index (χ1v) is 6.30. The van der Waals surface area contributed by atoms with E-state index in [0.717, 1.165) is 0 Å². The number of benzene rings is 1. The van der Waals surface area contributed by atoms with Crippen LogP contribution in [0.2, 0.25) is 5.02 Å². The number of nitrogen functional groups attached to an aromatic ring is 1. The second-order valence-electron chi connectivity index (χ2n) is 3.96. The van der Waals surface area contributed by atoms with Crippen molar-refractivity contribution in [2.45, 2.75) is 6.92 Å². The second-order valence-corrected chi connectivity index (χ2v) is 4.37. The van der Waals surface area contributed by atoms with E-state index in [1.807, 2.05) is 6.07 Å². The van der Waals surface area contributed by atoms with Crippen LogP contribution in [-0.4, -0.2) is 17.1 Å². The molecule has 0 aliphatic carbocycles. The molecule has 1 aromatic heterocycles. The van der Waals surface area contributed by atoms with Crippen molar-refractivity contribution in [2.75, 3.05) is 12.3 Å². The van der Waals surface area contributed by atoms with E-state index >= 15 is 0 Å². The molecule has 1 aromatic carbocycles. The molecule has 0 aliphatic heterocycles. The molecular weight excluding hydrogens is 278 g/mol. The van der Waals surface area contributed by atoms with Crippen molar-refractivity contribution in [2.24, 2.45) is 0 Å². The third kappa shape index (κ3) is 2.33. The van der Waals surface area contributed by atoms with E-state index in [-0.39, 0.29) is 23.6 Å². The summed E-state index contributed by atoms with van der Waals surface area (Å²) in [5, 5.41) is 9.50. The highest BCUT2D eigenvalue weighted by Crippen LogP contribution is 2.28. The Balaban J connectivity index is 2.67. The number of ether oxygens (including phenoxy) is 1. The van der Waals surface area contributed by atoms with Gasteiger partial charge in [0.1, 0.15) is 6.07 Å². The Kier molecular flexibility index (Phi) is 3.97. The van der Waals surface area contributed by atoms with Crippen LogP contribution in [0.25, 0.3) is 5.69 Å². The number of nitrogens with zero attached hydrogens (tertiary/aromatic N) is 2. The lowest BCUT2D eigenvalue weighted by Gasteiger charge is -2.10. The third-order valence-electron chi connectivity index (χ3n) is 2.75. The second kappa shape index (κ2) is 5.68. The number of carbonyl (C=O) groups excluding carboxylic acids is 1. The van der Waals surface area contributed by atoms with Crippen molar-refractivity contribution in [3.8, 4) is 11.8 Å². The number of halogens is 1. The Hall–Kier alpha value is -2.45. The zero-order valence-corrected chi connectivity index (χ0v) is 11.5. The topological polar surface area (TPSA) is 81.0 Å². The summed E-state index contributed by atoms with van der Waals surface area (Å²) in [6.45, 7) is 1.91. The molecule has 0 bridgehead atoms. The van der Waals surface area contributed by atoms with Gasteiger partial charge in [-0.1, -0.05) is 23.7 Å². The van der Waals surface area contributed by atoms with E-state index in [9.17, 15) is 4.79 Å². The standard InChI is InChI=1S/C14H12ClN3O2/c1-2-20-14(19)13-12(17)9(7-16)8-18(13)11-6-4-3-5-10(11)15/h3-6,8H,2,17H2,1H3. The zero-order chi connectivity index (χ0) is 14.7. The average molecular weight is 290 g/mol. The molecule has 1 heterocycles. The Morgan fingerprint density at radius 1 is 1.50 bits per heavy atom. The molecule has 0 amide bonds. The predicted molar refractivity (Wildman–Crippen MR) is 75.9 cm³/mol. The van der Waals surface area contributed by atoms with E-state index in [1.54, 1.807) is 31.2 Å². The number of hydrogen-bond donors (Lipinski definition) is 1. The van der Waals surface area contributed by atoms with Gasteiger partial charge in [0.05, 0.1) is 28.6 Å².